The molecule has 0 aliphatic rings. The average Bonchev–Trinajstić information content (AvgIpc) is 2.15. The van der Waals surface area contributed by atoms with Gasteiger partial charge in [-0.25, -0.2) is 0 Å². The van der Waals surface area contributed by atoms with E-state index < -0.39 is 11.9 Å². The zero-order valence-electron chi connectivity index (χ0n) is 11.3. The first-order valence-electron chi connectivity index (χ1n) is 6.06. The monoisotopic (exact) mass is 234 g/mol. The van der Waals surface area contributed by atoms with Crippen LogP contribution >= 0.6 is 0 Å². The molecule has 0 spiro atoms. The van der Waals surface area contributed by atoms with Gasteiger partial charge in [0, 0.05) is 0 Å². The summed E-state index contributed by atoms with van der Waals surface area (Å²) in [6, 6.07) is 7.96. The highest BCUT2D eigenvalue weighted by atomic mass is 16.4. The van der Waals surface area contributed by atoms with E-state index in [9.17, 15) is 9.90 Å². The lowest BCUT2D eigenvalue weighted by molar-refractivity contribution is -0.139. The highest BCUT2D eigenvalue weighted by Crippen LogP contribution is 2.28. The van der Waals surface area contributed by atoms with Crippen molar-refractivity contribution in [3.8, 4) is 0 Å². The highest BCUT2D eigenvalue weighted by molar-refractivity contribution is 5.76. The SMILES string of the molecule is CC(C)[C@@H](C(=O)O)c1ccc(C(C)(C)C)cc1. The Kier molecular flexibility index (Phi) is 3.97. The van der Waals surface area contributed by atoms with E-state index in [-0.39, 0.29) is 11.3 Å². The number of aliphatic carboxylic acids is 1. The van der Waals surface area contributed by atoms with Crippen LogP contribution in [0.1, 0.15) is 51.7 Å². The van der Waals surface area contributed by atoms with Crippen LogP contribution in [-0.2, 0) is 10.2 Å². The van der Waals surface area contributed by atoms with Gasteiger partial charge < -0.3 is 5.11 Å². The second-order valence-electron chi connectivity index (χ2n) is 5.93. The fraction of sp³-hybridized carbons (Fsp3) is 0.533. The molecule has 17 heavy (non-hydrogen) atoms. The predicted molar refractivity (Wildman–Crippen MR) is 70.4 cm³/mol. The van der Waals surface area contributed by atoms with Crippen LogP contribution in [-0.4, -0.2) is 11.1 Å². The maximum atomic E-state index is 11.2. The molecule has 0 aromatic heterocycles. The molecule has 1 aromatic carbocycles. The fourth-order valence-corrected chi connectivity index (χ4v) is 2.00. The maximum Gasteiger partial charge on any atom is 0.311 e. The normalized spacial score (nSPS) is 13.8. The van der Waals surface area contributed by atoms with Crippen molar-refractivity contribution in [1.29, 1.82) is 0 Å². The van der Waals surface area contributed by atoms with E-state index in [0.29, 0.717) is 0 Å². The Morgan fingerprint density at radius 1 is 1.12 bits per heavy atom. The van der Waals surface area contributed by atoms with E-state index in [0.717, 1.165) is 5.56 Å². The molecule has 1 rings (SSSR count). The van der Waals surface area contributed by atoms with Gasteiger partial charge in [-0.2, -0.15) is 0 Å². The lowest BCUT2D eigenvalue weighted by Gasteiger charge is -2.21. The molecule has 1 N–H and O–H groups in total. The van der Waals surface area contributed by atoms with Gasteiger partial charge in [-0.15, -0.1) is 0 Å². The lowest BCUT2D eigenvalue weighted by Crippen LogP contribution is -2.18. The van der Waals surface area contributed by atoms with Crippen molar-refractivity contribution in [2.24, 2.45) is 5.92 Å². The molecule has 0 aliphatic heterocycles. The number of rotatable bonds is 3. The Balaban J connectivity index is 3.05. The molecule has 0 saturated carbocycles. The fourth-order valence-electron chi connectivity index (χ4n) is 2.00. The molecule has 0 amide bonds. The zero-order chi connectivity index (χ0) is 13.2. The standard InChI is InChI=1S/C15H22O2/c1-10(2)13(14(16)17)11-6-8-12(9-7-11)15(3,4)5/h6-10,13H,1-5H3,(H,16,17)/t13-/m1/s1. The summed E-state index contributed by atoms with van der Waals surface area (Å²) < 4.78 is 0. The third-order valence-electron chi connectivity index (χ3n) is 3.07. The van der Waals surface area contributed by atoms with Gasteiger partial charge in [0.05, 0.1) is 5.92 Å². The van der Waals surface area contributed by atoms with E-state index in [1.807, 2.05) is 38.1 Å². The smallest absolute Gasteiger partial charge is 0.311 e. The summed E-state index contributed by atoms with van der Waals surface area (Å²) in [5.74, 6) is -1.06. The largest absolute Gasteiger partial charge is 0.481 e. The summed E-state index contributed by atoms with van der Waals surface area (Å²) in [6.07, 6.45) is 0. The van der Waals surface area contributed by atoms with Crippen molar-refractivity contribution in [2.45, 2.75) is 46.0 Å². The van der Waals surface area contributed by atoms with Crippen molar-refractivity contribution < 1.29 is 9.90 Å². The van der Waals surface area contributed by atoms with Crippen molar-refractivity contribution in [3.05, 3.63) is 35.4 Å². The molecule has 0 aliphatic carbocycles. The van der Waals surface area contributed by atoms with E-state index in [1.165, 1.54) is 5.56 Å². The Bertz CT molecular complexity index is 382. The predicted octanol–water partition coefficient (Wildman–Crippen LogP) is 3.81. The third kappa shape index (κ3) is 3.32. The van der Waals surface area contributed by atoms with Crippen LogP contribution in [0.2, 0.25) is 0 Å². The third-order valence-corrected chi connectivity index (χ3v) is 3.07. The topological polar surface area (TPSA) is 37.3 Å². The molecular formula is C15H22O2. The zero-order valence-corrected chi connectivity index (χ0v) is 11.3. The maximum absolute atomic E-state index is 11.2. The van der Waals surface area contributed by atoms with Gasteiger partial charge in [0.1, 0.15) is 0 Å². The summed E-state index contributed by atoms with van der Waals surface area (Å²) in [6.45, 7) is 10.3. The molecule has 0 unspecified atom stereocenters. The molecule has 1 aromatic rings. The van der Waals surface area contributed by atoms with Gasteiger partial charge in [0.2, 0.25) is 0 Å². The molecule has 0 radical (unpaired) electrons. The van der Waals surface area contributed by atoms with E-state index in [1.54, 1.807) is 0 Å². The molecule has 1 atom stereocenters. The Morgan fingerprint density at radius 3 is 1.88 bits per heavy atom. The van der Waals surface area contributed by atoms with Gasteiger partial charge >= 0.3 is 5.97 Å². The summed E-state index contributed by atoms with van der Waals surface area (Å²) in [5.41, 5.74) is 2.23. The van der Waals surface area contributed by atoms with Crippen LogP contribution in [0.5, 0.6) is 0 Å². The van der Waals surface area contributed by atoms with Gasteiger partial charge in [-0.1, -0.05) is 58.9 Å². The van der Waals surface area contributed by atoms with Crippen molar-refractivity contribution in [1.82, 2.24) is 0 Å². The highest BCUT2D eigenvalue weighted by Gasteiger charge is 2.24. The number of benzene rings is 1. The lowest BCUT2D eigenvalue weighted by atomic mass is 9.83. The molecule has 0 heterocycles. The molecule has 94 valence electrons. The van der Waals surface area contributed by atoms with Crippen LogP contribution in [0.25, 0.3) is 0 Å². The van der Waals surface area contributed by atoms with Crippen LogP contribution in [0.4, 0.5) is 0 Å². The Hall–Kier alpha value is -1.31. The van der Waals surface area contributed by atoms with Gasteiger partial charge in [0.15, 0.2) is 0 Å². The number of hydrogen-bond acceptors (Lipinski definition) is 1. The van der Waals surface area contributed by atoms with Crippen LogP contribution in [0.15, 0.2) is 24.3 Å². The first-order chi connectivity index (χ1) is 7.73. The van der Waals surface area contributed by atoms with Gasteiger partial charge in [-0.05, 0) is 22.5 Å². The minimum atomic E-state index is -0.747. The summed E-state index contributed by atoms with van der Waals surface area (Å²) in [5, 5.41) is 9.23. The van der Waals surface area contributed by atoms with Gasteiger partial charge in [-0.3, -0.25) is 4.79 Å². The number of carboxylic acid groups (broad SMARTS) is 1. The van der Waals surface area contributed by atoms with E-state index in [4.69, 9.17) is 0 Å². The van der Waals surface area contributed by atoms with Crippen molar-refractivity contribution in [2.75, 3.05) is 0 Å². The first kappa shape index (κ1) is 13.8. The first-order valence-corrected chi connectivity index (χ1v) is 6.06. The second kappa shape index (κ2) is 4.91. The Labute approximate surface area is 104 Å². The van der Waals surface area contributed by atoms with Crippen molar-refractivity contribution >= 4 is 5.97 Å². The molecule has 0 bridgehead atoms. The van der Waals surface area contributed by atoms with E-state index in [2.05, 4.69) is 20.8 Å². The molecule has 2 heteroatoms. The summed E-state index contributed by atoms with van der Waals surface area (Å²) >= 11 is 0. The summed E-state index contributed by atoms with van der Waals surface area (Å²) in [4.78, 5) is 11.2. The molecule has 0 saturated heterocycles. The van der Waals surface area contributed by atoms with Gasteiger partial charge in [0.25, 0.3) is 0 Å². The van der Waals surface area contributed by atoms with Crippen molar-refractivity contribution in [3.63, 3.8) is 0 Å². The minimum Gasteiger partial charge on any atom is -0.481 e. The minimum absolute atomic E-state index is 0.105. The second-order valence-corrected chi connectivity index (χ2v) is 5.93. The summed E-state index contributed by atoms with van der Waals surface area (Å²) in [7, 11) is 0. The number of carboxylic acids is 1. The number of hydrogen-bond donors (Lipinski definition) is 1. The Morgan fingerprint density at radius 2 is 1.59 bits per heavy atom. The van der Waals surface area contributed by atoms with Crippen LogP contribution in [0, 0.1) is 5.92 Å². The molecule has 0 fully saturated rings. The van der Waals surface area contributed by atoms with Crippen LogP contribution in [0.3, 0.4) is 0 Å². The number of carbonyl (C=O) groups is 1. The van der Waals surface area contributed by atoms with E-state index >= 15 is 0 Å². The average molecular weight is 234 g/mol. The molecular weight excluding hydrogens is 212 g/mol. The quantitative estimate of drug-likeness (QED) is 0.863. The van der Waals surface area contributed by atoms with Crippen LogP contribution < -0.4 is 0 Å². The molecule has 2 nitrogen and oxygen atoms in total.